The molecule has 2 nitrogen and oxygen atoms in total. The molecule has 1 aliphatic heterocycles. The molecule has 0 radical (unpaired) electrons. The van der Waals surface area contributed by atoms with E-state index in [2.05, 4.69) is 19.2 Å². The van der Waals surface area contributed by atoms with Crippen molar-refractivity contribution >= 4 is 12.4 Å². The zero-order chi connectivity index (χ0) is 7.61. The molecule has 3 heteroatoms. The van der Waals surface area contributed by atoms with Gasteiger partial charge < -0.3 is 10.1 Å². The average molecular weight is 180 g/mol. The van der Waals surface area contributed by atoms with Gasteiger partial charge in [-0.3, -0.25) is 0 Å². The number of rotatable bonds is 1. The lowest BCUT2D eigenvalue weighted by molar-refractivity contribution is -0.0641. The first kappa shape index (κ1) is 11.2. The van der Waals surface area contributed by atoms with Crippen LogP contribution in [0.1, 0.15) is 26.7 Å². The van der Waals surface area contributed by atoms with Crippen molar-refractivity contribution in [2.75, 3.05) is 13.7 Å². The number of ether oxygens (including phenoxy) is 1. The highest BCUT2D eigenvalue weighted by Crippen LogP contribution is 2.23. The molecule has 0 bridgehead atoms. The van der Waals surface area contributed by atoms with Gasteiger partial charge in [-0.05, 0) is 33.7 Å². The fraction of sp³-hybridized carbons (Fsp3) is 1.00. The van der Waals surface area contributed by atoms with Crippen molar-refractivity contribution in [3.63, 3.8) is 0 Å². The van der Waals surface area contributed by atoms with E-state index in [0.29, 0.717) is 6.04 Å². The Bertz CT molecular complexity index is 107. The van der Waals surface area contributed by atoms with Crippen LogP contribution < -0.4 is 5.32 Å². The number of hydrogen-bond donors (Lipinski definition) is 1. The molecule has 1 saturated heterocycles. The Morgan fingerprint density at radius 1 is 1.45 bits per heavy atom. The van der Waals surface area contributed by atoms with Crippen molar-refractivity contribution in [2.45, 2.75) is 38.3 Å². The van der Waals surface area contributed by atoms with Gasteiger partial charge in [-0.25, -0.2) is 0 Å². The van der Waals surface area contributed by atoms with E-state index in [9.17, 15) is 0 Å². The lowest BCUT2D eigenvalue weighted by atomic mass is 9.96. The zero-order valence-electron chi connectivity index (χ0n) is 7.52. The molecule has 0 saturated carbocycles. The molecule has 1 fully saturated rings. The number of hydrogen-bond acceptors (Lipinski definition) is 2. The first-order valence-corrected chi connectivity index (χ1v) is 3.95. The second kappa shape index (κ2) is 4.29. The van der Waals surface area contributed by atoms with Crippen LogP contribution in [0.4, 0.5) is 0 Å². The van der Waals surface area contributed by atoms with Crippen molar-refractivity contribution < 1.29 is 4.74 Å². The van der Waals surface area contributed by atoms with Crippen LogP contribution >= 0.6 is 12.4 Å². The van der Waals surface area contributed by atoms with Crippen molar-refractivity contribution in [3.05, 3.63) is 0 Å². The van der Waals surface area contributed by atoms with Gasteiger partial charge in [0.2, 0.25) is 0 Å². The second-order valence-electron chi connectivity index (χ2n) is 3.59. The molecule has 11 heavy (non-hydrogen) atoms. The molecule has 0 amide bonds. The maximum atomic E-state index is 5.61. The topological polar surface area (TPSA) is 21.3 Å². The van der Waals surface area contributed by atoms with Gasteiger partial charge in [0.1, 0.15) is 0 Å². The molecule has 0 aliphatic carbocycles. The summed E-state index contributed by atoms with van der Waals surface area (Å²) in [5.74, 6) is 0. The van der Waals surface area contributed by atoms with E-state index in [0.717, 1.165) is 6.61 Å². The van der Waals surface area contributed by atoms with Crippen LogP contribution in [0.3, 0.4) is 0 Å². The van der Waals surface area contributed by atoms with Crippen LogP contribution in [0.15, 0.2) is 0 Å². The van der Waals surface area contributed by atoms with Gasteiger partial charge in [0.15, 0.2) is 0 Å². The minimum atomic E-state index is 0. The fourth-order valence-corrected chi connectivity index (χ4v) is 1.23. The van der Waals surface area contributed by atoms with E-state index in [1.165, 1.54) is 12.8 Å². The van der Waals surface area contributed by atoms with Crippen LogP contribution in [-0.2, 0) is 4.74 Å². The molecule has 0 aromatic carbocycles. The van der Waals surface area contributed by atoms with Crippen molar-refractivity contribution in [3.8, 4) is 0 Å². The average Bonchev–Trinajstić information content (AvgIpc) is 1.88. The number of halogens is 1. The van der Waals surface area contributed by atoms with E-state index in [1.807, 2.05) is 7.05 Å². The monoisotopic (exact) mass is 179 g/mol. The van der Waals surface area contributed by atoms with Gasteiger partial charge in [0.05, 0.1) is 12.2 Å². The fourth-order valence-electron chi connectivity index (χ4n) is 1.23. The highest BCUT2D eigenvalue weighted by atomic mass is 35.5. The summed E-state index contributed by atoms with van der Waals surface area (Å²) < 4.78 is 5.61. The highest BCUT2D eigenvalue weighted by molar-refractivity contribution is 5.85. The molecule has 0 aromatic heterocycles. The standard InChI is InChI=1S/C8H17NO.ClH/c1-8(2)5-4-7(9-3)6-10-8;/h7,9H,4-6H2,1-3H3;1H. The van der Waals surface area contributed by atoms with Gasteiger partial charge in [-0.15, -0.1) is 12.4 Å². The summed E-state index contributed by atoms with van der Waals surface area (Å²) in [6, 6.07) is 0.577. The highest BCUT2D eigenvalue weighted by Gasteiger charge is 2.26. The largest absolute Gasteiger partial charge is 0.374 e. The minimum absolute atomic E-state index is 0. The van der Waals surface area contributed by atoms with Gasteiger partial charge in [-0.2, -0.15) is 0 Å². The van der Waals surface area contributed by atoms with Crippen molar-refractivity contribution in [1.29, 1.82) is 0 Å². The Morgan fingerprint density at radius 2 is 2.09 bits per heavy atom. The summed E-state index contributed by atoms with van der Waals surface area (Å²) in [5, 5.41) is 3.22. The molecule has 68 valence electrons. The molecule has 1 heterocycles. The third-order valence-electron chi connectivity index (χ3n) is 2.18. The smallest absolute Gasteiger partial charge is 0.0627 e. The Kier molecular flexibility index (Phi) is 4.37. The molecule has 1 N–H and O–H groups in total. The zero-order valence-corrected chi connectivity index (χ0v) is 8.33. The normalized spacial score (nSPS) is 29.2. The Labute approximate surface area is 75.1 Å². The Hall–Kier alpha value is 0.210. The lowest BCUT2D eigenvalue weighted by Gasteiger charge is -2.34. The third-order valence-corrected chi connectivity index (χ3v) is 2.18. The Balaban J connectivity index is 0.000001000. The molecular formula is C8H18ClNO. The molecule has 0 spiro atoms. The van der Waals surface area contributed by atoms with E-state index in [-0.39, 0.29) is 18.0 Å². The summed E-state index contributed by atoms with van der Waals surface area (Å²) in [4.78, 5) is 0. The van der Waals surface area contributed by atoms with Gasteiger partial charge in [0.25, 0.3) is 0 Å². The lowest BCUT2D eigenvalue weighted by Crippen LogP contribution is -2.42. The first-order valence-electron chi connectivity index (χ1n) is 3.95. The molecular weight excluding hydrogens is 162 g/mol. The third kappa shape index (κ3) is 3.41. The van der Waals surface area contributed by atoms with Gasteiger partial charge in [-0.1, -0.05) is 0 Å². The predicted octanol–water partition coefficient (Wildman–Crippen LogP) is 1.59. The summed E-state index contributed by atoms with van der Waals surface area (Å²) >= 11 is 0. The maximum Gasteiger partial charge on any atom is 0.0627 e. The van der Waals surface area contributed by atoms with E-state index >= 15 is 0 Å². The summed E-state index contributed by atoms with van der Waals surface area (Å²) in [6.45, 7) is 5.17. The van der Waals surface area contributed by atoms with Crippen LogP contribution in [0.5, 0.6) is 0 Å². The summed E-state index contributed by atoms with van der Waals surface area (Å²) in [7, 11) is 1.99. The molecule has 1 rings (SSSR count). The van der Waals surface area contributed by atoms with E-state index < -0.39 is 0 Å². The first-order chi connectivity index (χ1) is 4.64. The van der Waals surface area contributed by atoms with Crippen LogP contribution in [0.2, 0.25) is 0 Å². The molecule has 0 aromatic rings. The van der Waals surface area contributed by atoms with Crippen LogP contribution in [0, 0.1) is 0 Å². The van der Waals surface area contributed by atoms with Crippen LogP contribution in [0.25, 0.3) is 0 Å². The molecule has 1 atom stereocenters. The summed E-state index contributed by atoms with van der Waals surface area (Å²) in [6.07, 6.45) is 2.40. The van der Waals surface area contributed by atoms with Crippen LogP contribution in [-0.4, -0.2) is 25.3 Å². The maximum absolute atomic E-state index is 5.61. The minimum Gasteiger partial charge on any atom is -0.374 e. The quantitative estimate of drug-likeness (QED) is 0.660. The van der Waals surface area contributed by atoms with Crippen molar-refractivity contribution in [2.24, 2.45) is 0 Å². The molecule has 1 aliphatic rings. The SMILES string of the molecule is CNC1CCC(C)(C)OC1.Cl. The van der Waals surface area contributed by atoms with Gasteiger partial charge >= 0.3 is 0 Å². The second-order valence-corrected chi connectivity index (χ2v) is 3.59. The number of likely N-dealkylation sites (N-methyl/N-ethyl adjacent to an activating group) is 1. The summed E-state index contributed by atoms with van der Waals surface area (Å²) in [5.41, 5.74) is 0.118. The molecule has 1 unspecified atom stereocenters. The van der Waals surface area contributed by atoms with E-state index in [1.54, 1.807) is 0 Å². The van der Waals surface area contributed by atoms with E-state index in [4.69, 9.17) is 4.74 Å². The predicted molar refractivity (Wildman–Crippen MR) is 49.4 cm³/mol. The van der Waals surface area contributed by atoms with Gasteiger partial charge in [0, 0.05) is 6.04 Å². The Morgan fingerprint density at radius 3 is 2.45 bits per heavy atom. The number of nitrogens with one attached hydrogen (secondary N) is 1. The van der Waals surface area contributed by atoms with Crippen molar-refractivity contribution in [1.82, 2.24) is 5.32 Å².